The van der Waals surface area contributed by atoms with E-state index in [0.29, 0.717) is 5.56 Å². The minimum Gasteiger partial charge on any atom is -0.324 e. The van der Waals surface area contributed by atoms with Crippen molar-refractivity contribution >= 4 is 28.9 Å². The van der Waals surface area contributed by atoms with Crippen molar-refractivity contribution in [1.29, 1.82) is 0 Å². The molecule has 0 fully saturated rings. The number of rotatable bonds is 4. The number of non-ortho nitro benzene ring substituents is 1. The number of nitrogens with zero attached hydrogens (tertiary/aromatic N) is 1. The van der Waals surface area contributed by atoms with Crippen LogP contribution in [0.5, 0.6) is 0 Å². The van der Waals surface area contributed by atoms with Crippen molar-refractivity contribution in [2.75, 3.05) is 10.6 Å². The molecule has 2 amide bonds. The van der Waals surface area contributed by atoms with Crippen LogP contribution in [0.3, 0.4) is 0 Å². The molecular weight excluding hydrogens is 286 g/mol. The average Bonchev–Trinajstić information content (AvgIpc) is 2.49. The van der Waals surface area contributed by atoms with Crippen LogP contribution in [-0.4, -0.2) is 16.7 Å². The Morgan fingerprint density at radius 3 is 2.27 bits per heavy atom. The van der Waals surface area contributed by atoms with E-state index >= 15 is 0 Å². The third-order valence-corrected chi connectivity index (χ3v) is 2.81. The second-order valence-electron chi connectivity index (χ2n) is 4.49. The van der Waals surface area contributed by atoms with Gasteiger partial charge in [0.25, 0.3) is 11.6 Å². The first kappa shape index (κ1) is 15.2. The Labute approximate surface area is 126 Å². The number of carbonyl (C=O) groups is 2. The van der Waals surface area contributed by atoms with E-state index in [4.69, 9.17) is 0 Å². The van der Waals surface area contributed by atoms with Crippen molar-refractivity contribution in [3.05, 3.63) is 64.2 Å². The molecule has 0 bridgehead atoms. The van der Waals surface area contributed by atoms with E-state index in [9.17, 15) is 19.7 Å². The summed E-state index contributed by atoms with van der Waals surface area (Å²) in [6.45, 7) is 1.28. The number of hydrogen-bond donors (Lipinski definition) is 2. The quantitative estimate of drug-likeness (QED) is 0.669. The highest BCUT2D eigenvalue weighted by atomic mass is 16.6. The topological polar surface area (TPSA) is 101 Å². The molecule has 0 saturated carbocycles. The summed E-state index contributed by atoms with van der Waals surface area (Å²) in [6, 6.07) is 12.3. The normalized spacial score (nSPS) is 9.86. The maximum absolute atomic E-state index is 12.1. The molecule has 112 valence electrons. The van der Waals surface area contributed by atoms with E-state index < -0.39 is 10.8 Å². The Morgan fingerprint density at radius 1 is 1.00 bits per heavy atom. The van der Waals surface area contributed by atoms with E-state index in [0.717, 1.165) is 0 Å². The second kappa shape index (κ2) is 6.49. The maximum Gasteiger partial charge on any atom is 0.271 e. The predicted octanol–water partition coefficient (Wildman–Crippen LogP) is 2.81. The van der Waals surface area contributed by atoms with Gasteiger partial charge in [0, 0.05) is 24.6 Å². The highest BCUT2D eigenvalue weighted by Gasteiger charge is 2.14. The zero-order valence-corrected chi connectivity index (χ0v) is 11.7. The summed E-state index contributed by atoms with van der Waals surface area (Å²) >= 11 is 0. The smallest absolute Gasteiger partial charge is 0.271 e. The Hall–Kier alpha value is -3.22. The summed E-state index contributed by atoms with van der Waals surface area (Å²) in [6.07, 6.45) is 0. The van der Waals surface area contributed by atoms with Gasteiger partial charge in [-0.25, -0.2) is 0 Å². The molecule has 0 saturated heterocycles. The first-order valence-electron chi connectivity index (χ1n) is 6.40. The van der Waals surface area contributed by atoms with Crippen molar-refractivity contribution < 1.29 is 14.5 Å². The van der Waals surface area contributed by atoms with E-state index in [1.54, 1.807) is 30.3 Å². The first-order valence-corrected chi connectivity index (χ1v) is 6.40. The van der Waals surface area contributed by atoms with Crippen LogP contribution in [0.15, 0.2) is 48.5 Å². The second-order valence-corrected chi connectivity index (χ2v) is 4.49. The fraction of sp³-hybridized carbons (Fsp3) is 0.0667. The monoisotopic (exact) mass is 299 g/mol. The molecule has 2 aromatic carbocycles. The third-order valence-electron chi connectivity index (χ3n) is 2.81. The van der Waals surface area contributed by atoms with E-state index in [2.05, 4.69) is 10.6 Å². The SMILES string of the molecule is CC(=O)Nc1cc([N+](=O)[O-])ccc1NC(=O)c1ccccc1. The lowest BCUT2D eigenvalue weighted by atomic mass is 10.2. The molecule has 0 spiro atoms. The molecule has 0 heterocycles. The third kappa shape index (κ3) is 3.66. The van der Waals surface area contributed by atoms with Gasteiger partial charge in [-0.3, -0.25) is 19.7 Å². The van der Waals surface area contributed by atoms with E-state index in [1.165, 1.54) is 25.1 Å². The van der Waals surface area contributed by atoms with E-state index in [1.807, 2.05) is 0 Å². The summed E-state index contributed by atoms with van der Waals surface area (Å²) < 4.78 is 0. The van der Waals surface area contributed by atoms with E-state index in [-0.39, 0.29) is 23.0 Å². The molecule has 2 N–H and O–H groups in total. The number of nitro groups is 1. The first-order chi connectivity index (χ1) is 10.5. The molecule has 2 aromatic rings. The number of nitro benzene ring substituents is 1. The molecular formula is C15H13N3O4. The lowest BCUT2D eigenvalue weighted by Gasteiger charge is -2.11. The fourth-order valence-electron chi connectivity index (χ4n) is 1.83. The van der Waals surface area contributed by atoms with Gasteiger partial charge < -0.3 is 10.6 Å². The van der Waals surface area contributed by atoms with Gasteiger partial charge in [0.15, 0.2) is 0 Å². The van der Waals surface area contributed by atoms with Gasteiger partial charge in [-0.05, 0) is 18.2 Å². The number of nitrogens with one attached hydrogen (secondary N) is 2. The maximum atomic E-state index is 12.1. The van der Waals surface area contributed by atoms with Gasteiger partial charge in [0.2, 0.25) is 5.91 Å². The van der Waals surface area contributed by atoms with Crippen LogP contribution in [0.4, 0.5) is 17.1 Å². The highest BCUT2D eigenvalue weighted by molar-refractivity contribution is 6.07. The number of benzene rings is 2. The zero-order chi connectivity index (χ0) is 16.1. The van der Waals surface area contributed by atoms with Crippen LogP contribution in [-0.2, 0) is 4.79 Å². The summed E-state index contributed by atoms with van der Waals surface area (Å²) in [5.41, 5.74) is 0.719. The van der Waals surface area contributed by atoms with Gasteiger partial charge in [-0.2, -0.15) is 0 Å². The van der Waals surface area contributed by atoms with Crippen molar-refractivity contribution in [1.82, 2.24) is 0 Å². The summed E-state index contributed by atoms with van der Waals surface area (Å²) in [7, 11) is 0. The molecule has 7 nitrogen and oxygen atoms in total. The molecule has 0 aliphatic carbocycles. The molecule has 0 atom stereocenters. The molecule has 0 aliphatic heterocycles. The van der Waals surface area contributed by atoms with Crippen molar-refractivity contribution in [3.63, 3.8) is 0 Å². The van der Waals surface area contributed by atoms with Crippen molar-refractivity contribution in [2.45, 2.75) is 6.92 Å². The summed E-state index contributed by atoms with van der Waals surface area (Å²) in [5, 5.41) is 15.9. The number of carbonyl (C=O) groups excluding carboxylic acids is 2. The molecule has 0 aromatic heterocycles. The largest absolute Gasteiger partial charge is 0.324 e. The molecule has 0 unspecified atom stereocenters. The Morgan fingerprint density at radius 2 is 1.68 bits per heavy atom. The molecule has 2 rings (SSSR count). The van der Waals surface area contributed by atoms with Crippen LogP contribution in [0.1, 0.15) is 17.3 Å². The number of anilines is 2. The van der Waals surface area contributed by atoms with Gasteiger partial charge in [-0.15, -0.1) is 0 Å². The lowest BCUT2D eigenvalue weighted by Crippen LogP contribution is -2.15. The molecule has 22 heavy (non-hydrogen) atoms. The minimum atomic E-state index is -0.575. The van der Waals surface area contributed by atoms with Gasteiger partial charge >= 0.3 is 0 Å². The van der Waals surface area contributed by atoms with Crippen molar-refractivity contribution in [3.8, 4) is 0 Å². The van der Waals surface area contributed by atoms with Crippen LogP contribution < -0.4 is 10.6 Å². The molecule has 7 heteroatoms. The zero-order valence-electron chi connectivity index (χ0n) is 11.7. The van der Waals surface area contributed by atoms with Crippen molar-refractivity contribution in [2.24, 2.45) is 0 Å². The van der Waals surface area contributed by atoms with Crippen LogP contribution in [0.2, 0.25) is 0 Å². The molecule has 0 aliphatic rings. The Kier molecular flexibility index (Phi) is 4.47. The fourth-order valence-corrected chi connectivity index (χ4v) is 1.83. The Balaban J connectivity index is 2.31. The average molecular weight is 299 g/mol. The highest BCUT2D eigenvalue weighted by Crippen LogP contribution is 2.27. The van der Waals surface area contributed by atoms with Crippen LogP contribution >= 0.6 is 0 Å². The van der Waals surface area contributed by atoms with Gasteiger partial charge in [0.1, 0.15) is 0 Å². The Bertz CT molecular complexity index is 729. The van der Waals surface area contributed by atoms with Crippen LogP contribution in [0.25, 0.3) is 0 Å². The molecule has 0 radical (unpaired) electrons. The van der Waals surface area contributed by atoms with Gasteiger partial charge in [-0.1, -0.05) is 18.2 Å². The lowest BCUT2D eigenvalue weighted by molar-refractivity contribution is -0.384. The summed E-state index contributed by atoms with van der Waals surface area (Å²) in [4.78, 5) is 33.5. The standard InChI is InChI=1S/C15H13N3O4/c1-10(19)16-14-9-12(18(21)22)7-8-13(14)17-15(20)11-5-3-2-4-6-11/h2-9H,1H3,(H,16,19)(H,17,20). The number of hydrogen-bond acceptors (Lipinski definition) is 4. The van der Waals surface area contributed by atoms with Crippen LogP contribution in [0, 0.1) is 10.1 Å². The van der Waals surface area contributed by atoms with Gasteiger partial charge in [0.05, 0.1) is 16.3 Å². The summed E-state index contributed by atoms with van der Waals surface area (Å²) in [5.74, 6) is -0.767. The number of amides is 2. The predicted molar refractivity (Wildman–Crippen MR) is 81.8 cm³/mol. The minimum absolute atomic E-state index is 0.172.